The van der Waals surface area contributed by atoms with E-state index < -0.39 is 17.4 Å². The summed E-state index contributed by atoms with van der Waals surface area (Å²) in [5.74, 6) is -1.08. The molecule has 3 aliphatic rings. The Kier molecular flexibility index (Phi) is 4.98. The average molecular weight is 541 g/mol. The molecule has 0 aliphatic carbocycles. The van der Waals surface area contributed by atoms with Crippen molar-refractivity contribution in [3.05, 3.63) is 113 Å². The SMILES string of the molecule is CC(C)C[C@@H]1N[C@]2(c3ccccc3-n3c2nc2ccccc2c3=O)[C@H]2C(=O)N(c3cccc4ccccc34)C(=O)[C@H]12. The van der Waals surface area contributed by atoms with E-state index in [1.807, 2.05) is 84.9 Å². The molecule has 2 saturated heterocycles. The van der Waals surface area contributed by atoms with Gasteiger partial charge in [-0.3, -0.25) is 24.3 Å². The summed E-state index contributed by atoms with van der Waals surface area (Å²) in [5, 5.41) is 6.12. The maximum Gasteiger partial charge on any atom is 0.266 e. The van der Waals surface area contributed by atoms with Gasteiger partial charge in [0.2, 0.25) is 11.8 Å². The van der Waals surface area contributed by atoms with E-state index in [0.29, 0.717) is 34.5 Å². The third-order valence-electron chi connectivity index (χ3n) is 9.10. The zero-order chi connectivity index (χ0) is 28.0. The average Bonchev–Trinajstić information content (AvgIpc) is 3.55. The van der Waals surface area contributed by atoms with Crippen LogP contribution in [-0.4, -0.2) is 27.4 Å². The van der Waals surface area contributed by atoms with Gasteiger partial charge in [-0.2, -0.15) is 0 Å². The fourth-order valence-corrected chi connectivity index (χ4v) is 7.57. The van der Waals surface area contributed by atoms with Gasteiger partial charge in [0.05, 0.1) is 34.1 Å². The molecular weight excluding hydrogens is 512 g/mol. The van der Waals surface area contributed by atoms with E-state index in [2.05, 4.69) is 19.2 Å². The fourth-order valence-electron chi connectivity index (χ4n) is 7.57. The molecule has 0 radical (unpaired) electrons. The minimum absolute atomic E-state index is 0.178. The van der Waals surface area contributed by atoms with E-state index in [0.717, 1.165) is 16.3 Å². The lowest BCUT2D eigenvalue weighted by Gasteiger charge is -2.32. The van der Waals surface area contributed by atoms with Crippen LogP contribution in [0, 0.1) is 17.8 Å². The highest BCUT2D eigenvalue weighted by molar-refractivity contribution is 6.26. The number of nitrogens with zero attached hydrogens (tertiary/aromatic N) is 3. The molecule has 4 aromatic carbocycles. The molecule has 7 heteroatoms. The fraction of sp³-hybridized carbons (Fsp3) is 0.235. The molecule has 0 bridgehead atoms. The second-order valence-corrected chi connectivity index (χ2v) is 11.8. The summed E-state index contributed by atoms with van der Waals surface area (Å²) < 4.78 is 1.65. The third-order valence-corrected chi connectivity index (χ3v) is 9.10. The van der Waals surface area contributed by atoms with E-state index in [4.69, 9.17) is 4.98 Å². The van der Waals surface area contributed by atoms with Crippen LogP contribution in [0.2, 0.25) is 0 Å². The summed E-state index contributed by atoms with van der Waals surface area (Å²) in [6.45, 7) is 4.25. The van der Waals surface area contributed by atoms with Crippen LogP contribution >= 0.6 is 0 Å². The summed E-state index contributed by atoms with van der Waals surface area (Å²) in [7, 11) is 0. The molecule has 2 amide bonds. The van der Waals surface area contributed by atoms with Crippen molar-refractivity contribution >= 4 is 39.2 Å². The highest BCUT2D eigenvalue weighted by Crippen LogP contribution is 2.56. The van der Waals surface area contributed by atoms with Gasteiger partial charge < -0.3 is 0 Å². The van der Waals surface area contributed by atoms with Crippen LogP contribution in [0.1, 0.15) is 31.7 Å². The molecule has 0 unspecified atom stereocenters. The van der Waals surface area contributed by atoms with Crippen molar-refractivity contribution in [2.75, 3.05) is 4.90 Å². The zero-order valence-electron chi connectivity index (χ0n) is 22.7. The quantitative estimate of drug-likeness (QED) is 0.329. The first-order valence-corrected chi connectivity index (χ1v) is 14.2. The van der Waals surface area contributed by atoms with Crippen LogP contribution < -0.4 is 15.8 Å². The Morgan fingerprint density at radius 1 is 0.805 bits per heavy atom. The summed E-state index contributed by atoms with van der Waals surface area (Å²) in [5.41, 5.74) is 1.37. The van der Waals surface area contributed by atoms with Crippen molar-refractivity contribution in [2.24, 2.45) is 17.8 Å². The van der Waals surface area contributed by atoms with Crippen LogP contribution in [0.4, 0.5) is 5.69 Å². The van der Waals surface area contributed by atoms with Gasteiger partial charge in [0.25, 0.3) is 5.56 Å². The molecule has 1 N–H and O–H groups in total. The van der Waals surface area contributed by atoms with Gasteiger partial charge in [-0.25, -0.2) is 9.88 Å². The molecule has 3 aliphatic heterocycles. The minimum atomic E-state index is -1.13. The molecule has 2 fully saturated rings. The second-order valence-electron chi connectivity index (χ2n) is 11.8. The number of carbonyl (C=O) groups excluding carboxylic acids is 2. The van der Waals surface area contributed by atoms with Gasteiger partial charge in [-0.1, -0.05) is 80.6 Å². The van der Waals surface area contributed by atoms with E-state index in [9.17, 15) is 14.4 Å². The van der Waals surface area contributed by atoms with Crippen molar-refractivity contribution in [3.63, 3.8) is 0 Å². The van der Waals surface area contributed by atoms with E-state index in [1.165, 1.54) is 4.90 Å². The van der Waals surface area contributed by atoms with Gasteiger partial charge in [-0.15, -0.1) is 0 Å². The Hall–Kier alpha value is -4.62. The third kappa shape index (κ3) is 3.07. The first-order chi connectivity index (χ1) is 19.9. The number of fused-ring (bicyclic) bond motifs is 9. The highest BCUT2D eigenvalue weighted by Gasteiger charge is 2.69. The number of amides is 2. The first kappa shape index (κ1) is 24.2. The number of anilines is 1. The van der Waals surface area contributed by atoms with Crippen LogP contribution in [0.3, 0.4) is 0 Å². The predicted octanol–water partition coefficient (Wildman–Crippen LogP) is 4.92. The maximum absolute atomic E-state index is 14.8. The van der Waals surface area contributed by atoms with E-state index >= 15 is 0 Å². The Bertz CT molecular complexity index is 1990. The highest BCUT2D eigenvalue weighted by atomic mass is 16.2. The summed E-state index contributed by atoms with van der Waals surface area (Å²) in [6, 6.07) is 28.3. The molecule has 4 heterocycles. The van der Waals surface area contributed by atoms with Gasteiger partial charge in [0.1, 0.15) is 11.4 Å². The molecule has 1 aromatic heterocycles. The van der Waals surface area contributed by atoms with Gasteiger partial charge in [0, 0.05) is 17.0 Å². The van der Waals surface area contributed by atoms with Gasteiger partial charge in [0.15, 0.2) is 0 Å². The Labute approximate surface area is 236 Å². The van der Waals surface area contributed by atoms with Crippen LogP contribution in [0.5, 0.6) is 0 Å². The molecule has 202 valence electrons. The monoisotopic (exact) mass is 540 g/mol. The molecule has 1 spiro atoms. The summed E-state index contributed by atoms with van der Waals surface area (Å²) >= 11 is 0. The van der Waals surface area contributed by atoms with E-state index in [-0.39, 0.29) is 29.3 Å². The van der Waals surface area contributed by atoms with Crippen molar-refractivity contribution < 1.29 is 9.59 Å². The number of aromatic nitrogens is 2. The number of rotatable bonds is 3. The lowest BCUT2D eigenvalue weighted by molar-refractivity contribution is -0.123. The lowest BCUT2D eigenvalue weighted by Crippen LogP contribution is -2.50. The Morgan fingerprint density at radius 3 is 2.32 bits per heavy atom. The Morgan fingerprint density at radius 2 is 1.49 bits per heavy atom. The molecule has 0 saturated carbocycles. The maximum atomic E-state index is 14.8. The number of para-hydroxylation sites is 2. The van der Waals surface area contributed by atoms with Crippen molar-refractivity contribution in [1.29, 1.82) is 0 Å². The van der Waals surface area contributed by atoms with E-state index in [1.54, 1.807) is 10.6 Å². The Balaban J connectivity index is 1.41. The van der Waals surface area contributed by atoms with Gasteiger partial charge in [-0.05, 0) is 42.0 Å². The van der Waals surface area contributed by atoms with Crippen molar-refractivity contribution in [2.45, 2.75) is 31.8 Å². The van der Waals surface area contributed by atoms with Crippen molar-refractivity contribution in [1.82, 2.24) is 14.9 Å². The molecule has 5 aromatic rings. The number of hydrogen-bond acceptors (Lipinski definition) is 5. The first-order valence-electron chi connectivity index (χ1n) is 14.2. The summed E-state index contributed by atoms with van der Waals surface area (Å²) in [4.78, 5) is 49.7. The second kappa shape index (κ2) is 8.44. The number of nitrogens with one attached hydrogen (secondary N) is 1. The van der Waals surface area contributed by atoms with Gasteiger partial charge >= 0.3 is 0 Å². The molecular formula is C34H28N4O3. The molecule has 7 nitrogen and oxygen atoms in total. The number of carbonyl (C=O) groups is 2. The molecule has 4 atom stereocenters. The largest absolute Gasteiger partial charge is 0.297 e. The predicted molar refractivity (Wildman–Crippen MR) is 158 cm³/mol. The van der Waals surface area contributed by atoms with Crippen molar-refractivity contribution in [3.8, 4) is 5.69 Å². The van der Waals surface area contributed by atoms with Crippen LogP contribution in [0.15, 0.2) is 95.8 Å². The summed E-state index contributed by atoms with van der Waals surface area (Å²) in [6.07, 6.45) is 0.700. The normalized spacial score (nSPS) is 24.6. The number of imide groups is 1. The van der Waals surface area contributed by atoms with Crippen LogP contribution in [0.25, 0.3) is 27.4 Å². The topological polar surface area (TPSA) is 84.3 Å². The lowest BCUT2D eigenvalue weighted by atomic mass is 9.75. The number of benzene rings is 4. The number of hydrogen-bond donors (Lipinski definition) is 1. The zero-order valence-corrected chi connectivity index (χ0v) is 22.7. The minimum Gasteiger partial charge on any atom is -0.297 e. The smallest absolute Gasteiger partial charge is 0.266 e. The molecule has 8 rings (SSSR count). The van der Waals surface area contributed by atoms with Crippen LogP contribution in [-0.2, 0) is 15.1 Å². The molecule has 41 heavy (non-hydrogen) atoms. The standard InChI is InChI=1S/C34H28N4O3/c1-19(2)18-25-28-29(32(41)37(31(28)40)26-17-9-11-20-10-3-4-12-21(20)26)34(36-25)23-14-6-8-16-27(23)38-30(39)22-13-5-7-15-24(22)35-33(34)38/h3-17,19,25,28-29,36H,18H2,1-2H3/t25-,28+,29+,34+/m0/s1.